The van der Waals surface area contributed by atoms with Crippen molar-refractivity contribution in [2.45, 2.75) is 38.7 Å². The van der Waals surface area contributed by atoms with Crippen LogP contribution in [0.25, 0.3) is 0 Å². The van der Waals surface area contributed by atoms with Crippen LogP contribution in [0.5, 0.6) is 11.6 Å². The van der Waals surface area contributed by atoms with Gasteiger partial charge >= 0.3 is 16.4 Å². The zero-order valence-corrected chi connectivity index (χ0v) is 20.6. The fourth-order valence-electron chi connectivity index (χ4n) is 2.66. The summed E-state index contributed by atoms with van der Waals surface area (Å²) in [7, 11) is -4.08. The minimum Gasteiger partial charge on any atom is -0.487 e. The predicted octanol–water partition coefficient (Wildman–Crippen LogP) is 4.51. The molecule has 1 amide bonds. The van der Waals surface area contributed by atoms with Crippen LogP contribution in [-0.4, -0.2) is 48.5 Å². The van der Waals surface area contributed by atoms with Gasteiger partial charge in [0.05, 0.1) is 11.8 Å². The van der Waals surface area contributed by atoms with Gasteiger partial charge in [-0.2, -0.15) is 25.9 Å². The zero-order chi connectivity index (χ0) is 26.2. The van der Waals surface area contributed by atoms with E-state index in [1.807, 2.05) is 0 Å². The summed E-state index contributed by atoms with van der Waals surface area (Å²) in [6.07, 6.45) is -2.96. The van der Waals surface area contributed by atoms with Crippen molar-refractivity contribution < 1.29 is 40.2 Å². The Morgan fingerprint density at radius 2 is 1.83 bits per heavy atom. The first kappa shape index (κ1) is 27.2. The van der Waals surface area contributed by atoms with Crippen LogP contribution in [0.15, 0.2) is 24.4 Å². The van der Waals surface area contributed by atoms with Gasteiger partial charge in [0.1, 0.15) is 23.2 Å². The van der Waals surface area contributed by atoms with Crippen LogP contribution in [0.4, 0.5) is 17.6 Å². The first-order chi connectivity index (χ1) is 16.1. The normalized spacial score (nSPS) is 14.9. The van der Waals surface area contributed by atoms with Gasteiger partial charge < -0.3 is 9.47 Å². The maximum absolute atomic E-state index is 14.5. The molecule has 1 aromatic heterocycles. The third kappa shape index (κ3) is 6.26. The molecule has 0 unspecified atom stereocenters. The molecule has 1 aromatic carbocycles. The van der Waals surface area contributed by atoms with Crippen molar-refractivity contribution in [2.75, 3.05) is 13.1 Å². The van der Waals surface area contributed by atoms with E-state index in [1.165, 1.54) is 0 Å². The third-order valence-electron chi connectivity index (χ3n) is 4.97. The number of nitrogens with one attached hydrogen (secondary N) is 1. The van der Waals surface area contributed by atoms with Crippen LogP contribution < -0.4 is 14.2 Å². The molecule has 0 saturated carbocycles. The fraction of sp³-hybridized carbons (Fsp3) is 0.400. The molecule has 2 heterocycles. The smallest absolute Gasteiger partial charge is 0.427 e. The molecule has 1 aliphatic rings. The van der Waals surface area contributed by atoms with E-state index in [4.69, 9.17) is 32.7 Å². The average molecular weight is 560 g/mol. The number of hydrogen-bond acceptors (Lipinski definition) is 6. The lowest BCUT2D eigenvalue weighted by atomic mass is 10.1. The highest BCUT2D eigenvalue weighted by Gasteiger charge is 2.50. The standard InChI is InChI=1S/C20H19Cl2F4N3O5S/c1-19(2,20(24,25)26)34-18-15(22)7-12(9-27-18)33-10-11-6-16(23)13(8-14(11)21)17(30)28-35(31,32)29-4-3-5-29/h6-9H,3-5,10H2,1-2H3,(H,28,30). The summed E-state index contributed by atoms with van der Waals surface area (Å²) in [6, 6.07) is 3.01. The number of halogens is 6. The molecule has 1 saturated heterocycles. The van der Waals surface area contributed by atoms with Crippen LogP contribution in [0.3, 0.4) is 0 Å². The van der Waals surface area contributed by atoms with E-state index in [9.17, 15) is 30.8 Å². The Kier molecular flexibility index (Phi) is 7.75. The summed E-state index contributed by atoms with van der Waals surface area (Å²) in [6.45, 7) is 1.82. The number of aromatic nitrogens is 1. The van der Waals surface area contributed by atoms with Crippen LogP contribution in [-0.2, 0) is 16.8 Å². The van der Waals surface area contributed by atoms with Crippen molar-refractivity contribution in [2.24, 2.45) is 0 Å². The first-order valence-corrected chi connectivity index (χ1v) is 12.1. The second-order valence-electron chi connectivity index (χ2n) is 7.97. The summed E-state index contributed by atoms with van der Waals surface area (Å²) in [5, 5.41) is -0.351. The second kappa shape index (κ2) is 9.96. The summed E-state index contributed by atoms with van der Waals surface area (Å²) in [5.74, 6) is -2.67. The van der Waals surface area contributed by atoms with Crippen molar-refractivity contribution in [3.05, 3.63) is 51.4 Å². The lowest BCUT2D eigenvalue weighted by Gasteiger charge is -2.29. The van der Waals surface area contributed by atoms with E-state index in [1.54, 1.807) is 4.72 Å². The van der Waals surface area contributed by atoms with Crippen LogP contribution >= 0.6 is 23.2 Å². The Balaban J connectivity index is 1.68. The maximum atomic E-state index is 14.5. The van der Waals surface area contributed by atoms with Gasteiger partial charge in [0.25, 0.3) is 5.91 Å². The lowest BCUT2D eigenvalue weighted by Crippen LogP contribution is -2.49. The Labute approximate surface area is 208 Å². The molecule has 0 bridgehead atoms. The van der Waals surface area contributed by atoms with Crippen molar-refractivity contribution >= 4 is 39.3 Å². The van der Waals surface area contributed by atoms with E-state index < -0.39 is 45.2 Å². The highest BCUT2D eigenvalue weighted by atomic mass is 35.5. The molecule has 1 fully saturated rings. The van der Waals surface area contributed by atoms with Crippen LogP contribution in [0, 0.1) is 5.82 Å². The molecule has 15 heteroatoms. The summed E-state index contributed by atoms with van der Waals surface area (Å²) < 4.78 is 90.7. The van der Waals surface area contributed by atoms with E-state index in [2.05, 4.69) is 4.98 Å². The lowest BCUT2D eigenvalue weighted by molar-refractivity contribution is -0.235. The molecule has 192 valence electrons. The Morgan fingerprint density at radius 1 is 1.17 bits per heavy atom. The van der Waals surface area contributed by atoms with Gasteiger partial charge in [0, 0.05) is 29.7 Å². The minimum absolute atomic E-state index is 0.0195. The van der Waals surface area contributed by atoms with Crippen molar-refractivity contribution in [1.29, 1.82) is 0 Å². The molecular formula is C20H19Cl2F4N3O5S. The third-order valence-corrected chi connectivity index (χ3v) is 7.08. The van der Waals surface area contributed by atoms with E-state index in [-0.39, 0.29) is 41.1 Å². The highest BCUT2D eigenvalue weighted by molar-refractivity contribution is 7.87. The number of alkyl halides is 3. The highest BCUT2D eigenvalue weighted by Crippen LogP contribution is 2.36. The molecule has 0 atom stereocenters. The van der Waals surface area contributed by atoms with Gasteiger partial charge in [0.2, 0.25) is 5.88 Å². The number of pyridine rings is 1. The summed E-state index contributed by atoms with van der Waals surface area (Å²) in [4.78, 5) is 16.0. The van der Waals surface area contributed by atoms with Gasteiger partial charge in [-0.05, 0) is 32.4 Å². The molecule has 35 heavy (non-hydrogen) atoms. The number of rotatable bonds is 8. The Hall–Kier alpha value is -2.35. The van der Waals surface area contributed by atoms with E-state index >= 15 is 0 Å². The zero-order valence-electron chi connectivity index (χ0n) is 18.2. The van der Waals surface area contributed by atoms with E-state index in [0.29, 0.717) is 6.42 Å². The molecule has 1 N–H and O–H groups in total. The van der Waals surface area contributed by atoms with Crippen molar-refractivity contribution in [1.82, 2.24) is 14.0 Å². The molecule has 3 rings (SSSR count). The van der Waals surface area contributed by atoms with Crippen molar-refractivity contribution in [3.8, 4) is 11.6 Å². The number of carbonyl (C=O) groups excluding carboxylic acids is 1. The molecule has 1 aliphatic heterocycles. The molecule has 0 radical (unpaired) electrons. The number of benzene rings is 1. The molecular weight excluding hydrogens is 541 g/mol. The topological polar surface area (TPSA) is 97.8 Å². The Morgan fingerprint density at radius 3 is 2.37 bits per heavy atom. The van der Waals surface area contributed by atoms with Gasteiger partial charge in [-0.3, -0.25) is 4.79 Å². The number of nitrogens with zero attached hydrogens (tertiary/aromatic N) is 2. The van der Waals surface area contributed by atoms with Gasteiger partial charge in [-0.15, -0.1) is 0 Å². The molecule has 0 spiro atoms. The largest absolute Gasteiger partial charge is 0.487 e. The molecule has 0 aliphatic carbocycles. The van der Waals surface area contributed by atoms with E-state index in [0.717, 1.165) is 42.5 Å². The Bertz CT molecular complexity index is 1240. The predicted molar refractivity (Wildman–Crippen MR) is 118 cm³/mol. The number of carbonyl (C=O) groups is 1. The van der Waals surface area contributed by atoms with Crippen LogP contribution in [0.1, 0.15) is 36.2 Å². The SMILES string of the molecule is CC(C)(Oc1ncc(OCc2cc(F)c(C(=O)NS(=O)(=O)N3CCC3)cc2Cl)cc1Cl)C(F)(F)F. The number of hydrogen-bond donors (Lipinski definition) is 1. The maximum Gasteiger partial charge on any atom is 0.427 e. The fourth-order valence-corrected chi connectivity index (χ4v) is 4.28. The number of amides is 1. The number of ether oxygens (including phenoxy) is 2. The molecule has 2 aromatic rings. The first-order valence-electron chi connectivity index (χ1n) is 9.95. The average Bonchev–Trinajstić information content (AvgIpc) is 2.67. The van der Waals surface area contributed by atoms with Gasteiger partial charge in [-0.1, -0.05) is 23.2 Å². The summed E-state index contributed by atoms with van der Waals surface area (Å²) >= 11 is 12.1. The minimum atomic E-state index is -4.67. The molecule has 8 nitrogen and oxygen atoms in total. The second-order valence-corrected chi connectivity index (χ2v) is 10.5. The van der Waals surface area contributed by atoms with Gasteiger partial charge in [0.15, 0.2) is 5.60 Å². The monoisotopic (exact) mass is 559 g/mol. The quantitative estimate of drug-likeness (QED) is 0.478. The van der Waals surface area contributed by atoms with Crippen LogP contribution in [0.2, 0.25) is 10.0 Å². The van der Waals surface area contributed by atoms with Crippen molar-refractivity contribution in [3.63, 3.8) is 0 Å². The summed E-state index contributed by atoms with van der Waals surface area (Å²) in [5.41, 5.74) is -3.03. The van der Waals surface area contributed by atoms with Gasteiger partial charge in [-0.25, -0.2) is 14.1 Å².